The lowest BCUT2D eigenvalue weighted by Crippen LogP contribution is -2.19. The van der Waals surface area contributed by atoms with Crippen LogP contribution in [0.15, 0.2) is 49.2 Å². The van der Waals surface area contributed by atoms with Crippen LogP contribution in [0.2, 0.25) is 0 Å². The van der Waals surface area contributed by atoms with Gasteiger partial charge in [-0.05, 0) is 59.2 Å². The monoisotopic (exact) mass is 265 g/mol. The Labute approximate surface area is 117 Å². The minimum Gasteiger partial charge on any atom is -0.508 e. The van der Waals surface area contributed by atoms with Crippen molar-refractivity contribution in [2.24, 2.45) is 0 Å². The molecule has 0 saturated heterocycles. The molecule has 0 radical (unpaired) electrons. The quantitative estimate of drug-likeness (QED) is 0.869. The first-order chi connectivity index (χ1) is 9.67. The van der Waals surface area contributed by atoms with E-state index in [-0.39, 0.29) is 11.5 Å². The number of benzene rings is 2. The summed E-state index contributed by atoms with van der Waals surface area (Å²) in [5, 5.41) is 19.0. The first kappa shape index (κ1) is 12.4. The van der Waals surface area contributed by atoms with Gasteiger partial charge in [-0.2, -0.15) is 0 Å². The summed E-state index contributed by atoms with van der Waals surface area (Å²) in [5.41, 5.74) is 4.09. The Balaban J connectivity index is 2.00. The van der Waals surface area contributed by atoms with Crippen LogP contribution in [-0.2, 0) is 6.54 Å². The summed E-state index contributed by atoms with van der Waals surface area (Å²) >= 11 is 0. The van der Waals surface area contributed by atoms with Crippen molar-refractivity contribution in [3.63, 3.8) is 0 Å². The molecule has 0 bridgehead atoms. The van der Waals surface area contributed by atoms with Crippen molar-refractivity contribution in [1.29, 1.82) is 0 Å². The second kappa shape index (κ2) is 4.78. The third-order valence-corrected chi connectivity index (χ3v) is 3.47. The van der Waals surface area contributed by atoms with Gasteiger partial charge in [0.1, 0.15) is 11.5 Å². The Morgan fingerprint density at radius 3 is 2.50 bits per heavy atom. The molecule has 2 N–H and O–H groups in total. The van der Waals surface area contributed by atoms with Crippen molar-refractivity contribution in [3.8, 4) is 11.5 Å². The fourth-order valence-electron chi connectivity index (χ4n) is 2.43. The van der Waals surface area contributed by atoms with Gasteiger partial charge in [-0.15, -0.1) is 0 Å². The van der Waals surface area contributed by atoms with Crippen LogP contribution in [0.1, 0.15) is 16.7 Å². The molecule has 20 heavy (non-hydrogen) atoms. The molecule has 0 aromatic heterocycles. The maximum Gasteiger partial charge on any atom is 0.116 e. The van der Waals surface area contributed by atoms with Crippen LogP contribution in [0.25, 0.3) is 12.2 Å². The number of aromatic hydroxyl groups is 2. The van der Waals surface area contributed by atoms with E-state index in [1.165, 1.54) is 0 Å². The molecule has 0 fully saturated rings. The van der Waals surface area contributed by atoms with Gasteiger partial charge in [0.05, 0.1) is 0 Å². The van der Waals surface area contributed by atoms with Crippen molar-refractivity contribution in [2.45, 2.75) is 6.54 Å². The molecule has 3 nitrogen and oxygen atoms in total. The lowest BCUT2D eigenvalue weighted by molar-refractivity contribution is 0.474. The van der Waals surface area contributed by atoms with Gasteiger partial charge in [0.2, 0.25) is 0 Å². The smallest absolute Gasteiger partial charge is 0.116 e. The molecule has 0 aliphatic carbocycles. The van der Waals surface area contributed by atoms with Crippen LogP contribution in [0.5, 0.6) is 11.5 Å². The highest BCUT2D eigenvalue weighted by molar-refractivity contribution is 5.71. The summed E-state index contributed by atoms with van der Waals surface area (Å²) in [6.45, 7) is 4.51. The number of nitrogens with zero attached hydrogens (tertiary/aromatic N) is 1. The van der Waals surface area contributed by atoms with Gasteiger partial charge in [0.15, 0.2) is 0 Å². The van der Waals surface area contributed by atoms with Crippen molar-refractivity contribution < 1.29 is 10.2 Å². The summed E-state index contributed by atoms with van der Waals surface area (Å²) in [5.74, 6) is 0.508. The van der Waals surface area contributed by atoms with E-state index in [4.69, 9.17) is 0 Å². The molecule has 0 unspecified atom stereocenters. The van der Waals surface area contributed by atoms with E-state index < -0.39 is 0 Å². The minimum absolute atomic E-state index is 0.251. The third kappa shape index (κ3) is 2.14. The zero-order valence-electron chi connectivity index (χ0n) is 11.0. The molecule has 0 saturated carbocycles. The van der Waals surface area contributed by atoms with Crippen LogP contribution in [0.3, 0.4) is 0 Å². The molecular weight excluding hydrogens is 250 g/mol. The predicted octanol–water partition coefficient (Wildman–Crippen LogP) is 3.73. The van der Waals surface area contributed by atoms with Crippen molar-refractivity contribution in [1.82, 2.24) is 0 Å². The van der Waals surface area contributed by atoms with Crippen molar-refractivity contribution >= 4 is 17.8 Å². The van der Waals surface area contributed by atoms with Crippen LogP contribution in [-0.4, -0.2) is 10.2 Å². The fourth-order valence-corrected chi connectivity index (χ4v) is 2.43. The topological polar surface area (TPSA) is 43.7 Å². The third-order valence-electron chi connectivity index (χ3n) is 3.47. The van der Waals surface area contributed by atoms with E-state index >= 15 is 0 Å². The summed E-state index contributed by atoms with van der Waals surface area (Å²) in [7, 11) is 0. The Morgan fingerprint density at radius 2 is 1.80 bits per heavy atom. The van der Waals surface area contributed by atoms with Gasteiger partial charge in [-0.3, -0.25) is 0 Å². The molecule has 1 aliphatic heterocycles. The van der Waals surface area contributed by atoms with Gasteiger partial charge in [0, 0.05) is 18.4 Å². The second-order valence-corrected chi connectivity index (χ2v) is 4.77. The van der Waals surface area contributed by atoms with Gasteiger partial charge >= 0.3 is 0 Å². The van der Waals surface area contributed by atoms with Crippen LogP contribution < -0.4 is 4.90 Å². The summed E-state index contributed by atoms with van der Waals surface area (Å²) in [6, 6.07) is 10.6. The lowest BCUT2D eigenvalue weighted by Gasteiger charge is -2.27. The maximum atomic E-state index is 9.69. The Hall–Kier alpha value is -2.68. The van der Waals surface area contributed by atoms with Gasteiger partial charge < -0.3 is 15.1 Å². The van der Waals surface area contributed by atoms with Gasteiger partial charge in [-0.1, -0.05) is 12.7 Å². The fraction of sp³-hybridized carbons (Fsp3) is 0.0588. The molecule has 1 aliphatic rings. The normalized spacial score (nSPS) is 13.1. The summed E-state index contributed by atoms with van der Waals surface area (Å²) < 4.78 is 0. The lowest BCUT2D eigenvalue weighted by atomic mass is 9.97. The van der Waals surface area contributed by atoms with E-state index in [1.807, 2.05) is 24.4 Å². The Kier molecular flexibility index (Phi) is 2.95. The highest BCUT2D eigenvalue weighted by Gasteiger charge is 2.15. The second-order valence-electron chi connectivity index (χ2n) is 4.77. The average molecular weight is 265 g/mol. The van der Waals surface area contributed by atoms with E-state index in [9.17, 15) is 10.2 Å². The molecule has 2 aromatic rings. The van der Waals surface area contributed by atoms with E-state index in [1.54, 1.807) is 30.3 Å². The van der Waals surface area contributed by atoms with Gasteiger partial charge in [-0.25, -0.2) is 0 Å². The van der Waals surface area contributed by atoms with Gasteiger partial charge in [0.25, 0.3) is 0 Å². The first-order valence-electron chi connectivity index (χ1n) is 6.39. The largest absolute Gasteiger partial charge is 0.508 e. The summed E-state index contributed by atoms with van der Waals surface area (Å²) in [4.78, 5) is 2.09. The van der Waals surface area contributed by atoms with Crippen LogP contribution in [0.4, 0.5) is 5.69 Å². The number of hydrogen-bond donors (Lipinski definition) is 2. The predicted molar refractivity (Wildman–Crippen MR) is 81.5 cm³/mol. The highest BCUT2D eigenvalue weighted by atomic mass is 16.3. The Morgan fingerprint density at radius 1 is 1.05 bits per heavy atom. The molecule has 1 heterocycles. The Bertz CT molecular complexity index is 687. The number of anilines is 1. The zero-order chi connectivity index (χ0) is 14.1. The molecule has 0 amide bonds. The number of fused-ring (bicyclic) bond motifs is 1. The number of rotatable bonds is 2. The van der Waals surface area contributed by atoms with E-state index in [0.29, 0.717) is 6.54 Å². The van der Waals surface area contributed by atoms with Crippen molar-refractivity contribution in [2.75, 3.05) is 4.90 Å². The first-order valence-corrected chi connectivity index (χ1v) is 6.39. The van der Waals surface area contributed by atoms with Crippen LogP contribution >= 0.6 is 0 Å². The van der Waals surface area contributed by atoms with Crippen molar-refractivity contribution in [3.05, 3.63) is 65.9 Å². The number of hydrogen-bond acceptors (Lipinski definition) is 3. The molecule has 100 valence electrons. The molecular formula is C17H15NO2. The number of phenolic OH excluding ortho intramolecular Hbond substituents is 2. The molecule has 3 rings (SSSR count). The molecule has 0 atom stereocenters. The molecule has 3 heteroatoms. The highest BCUT2D eigenvalue weighted by Crippen LogP contribution is 2.31. The zero-order valence-corrected chi connectivity index (χ0v) is 11.0. The molecule has 0 spiro atoms. The SMILES string of the molecule is C=Cc1cc(O)cc2c1CN(c1ccc(O)cc1)C=C2. The number of phenols is 2. The maximum absolute atomic E-state index is 9.69. The van der Waals surface area contributed by atoms with E-state index in [0.717, 1.165) is 22.4 Å². The standard InChI is InChI=1S/C17H15NO2/c1-2-12-9-16(20)10-13-7-8-18(11-17(12)13)14-3-5-15(19)6-4-14/h2-10,19-20H,1,11H2. The average Bonchev–Trinajstić information content (AvgIpc) is 2.46. The van der Waals surface area contributed by atoms with Crippen LogP contribution in [0, 0.1) is 0 Å². The summed E-state index contributed by atoms with van der Waals surface area (Å²) in [6.07, 6.45) is 5.70. The molecule has 2 aromatic carbocycles. The van der Waals surface area contributed by atoms with E-state index in [2.05, 4.69) is 11.5 Å². The minimum atomic E-state index is 0.251.